The lowest BCUT2D eigenvalue weighted by Crippen LogP contribution is -2.29. The molecule has 0 bridgehead atoms. The molecule has 1 aromatic heterocycles. The van der Waals surface area contributed by atoms with Gasteiger partial charge in [-0.1, -0.05) is 0 Å². The summed E-state index contributed by atoms with van der Waals surface area (Å²) in [4.78, 5) is 20.1. The monoisotopic (exact) mass is 346 g/mol. The van der Waals surface area contributed by atoms with Gasteiger partial charge in [0.15, 0.2) is 0 Å². The molecule has 0 aliphatic heterocycles. The number of carbonyl (C=O) groups excluding carboxylic acids is 1. The standard InChI is InChI=1S/C17H22N4O4/c1-23-9-7-18-16-11-15(20-12-21-16)17(22)19-8-10-25-14-5-3-13(24-2)4-6-14/h3-6,11-12H,7-10H2,1-2H3,(H,19,22)(H,18,20,21). The smallest absolute Gasteiger partial charge is 0.270 e. The summed E-state index contributed by atoms with van der Waals surface area (Å²) in [6.45, 7) is 1.86. The van der Waals surface area contributed by atoms with Gasteiger partial charge in [-0.05, 0) is 24.3 Å². The summed E-state index contributed by atoms with van der Waals surface area (Å²) >= 11 is 0. The highest BCUT2D eigenvalue weighted by atomic mass is 16.5. The lowest BCUT2D eigenvalue weighted by molar-refractivity contribution is 0.0942. The van der Waals surface area contributed by atoms with Crippen molar-refractivity contribution in [2.75, 3.05) is 45.8 Å². The molecule has 0 atom stereocenters. The van der Waals surface area contributed by atoms with Crippen molar-refractivity contribution < 1.29 is 19.0 Å². The molecule has 2 rings (SSSR count). The van der Waals surface area contributed by atoms with Gasteiger partial charge in [-0.2, -0.15) is 0 Å². The number of aromatic nitrogens is 2. The molecule has 0 aliphatic rings. The molecule has 0 spiro atoms. The molecule has 134 valence electrons. The van der Waals surface area contributed by atoms with E-state index in [0.717, 1.165) is 5.75 Å². The zero-order chi connectivity index (χ0) is 17.9. The third-order valence-electron chi connectivity index (χ3n) is 3.23. The van der Waals surface area contributed by atoms with Gasteiger partial charge >= 0.3 is 0 Å². The number of nitrogens with one attached hydrogen (secondary N) is 2. The highest BCUT2D eigenvalue weighted by molar-refractivity contribution is 5.92. The second-order valence-corrected chi connectivity index (χ2v) is 4.99. The fourth-order valence-corrected chi connectivity index (χ4v) is 1.96. The lowest BCUT2D eigenvalue weighted by Gasteiger charge is -2.09. The minimum Gasteiger partial charge on any atom is -0.497 e. The molecular formula is C17H22N4O4. The van der Waals surface area contributed by atoms with Gasteiger partial charge in [0.05, 0.1) is 20.3 Å². The van der Waals surface area contributed by atoms with Crippen molar-refractivity contribution in [1.29, 1.82) is 0 Å². The molecule has 8 nitrogen and oxygen atoms in total. The van der Waals surface area contributed by atoms with Crippen LogP contribution in [0.2, 0.25) is 0 Å². The SMILES string of the molecule is COCCNc1cc(C(=O)NCCOc2ccc(OC)cc2)ncn1. The van der Waals surface area contributed by atoms with Gasteiger partial charge in [0.2, 0.25) is 0 Å². The van der Waals surface area contributed by atoms with E-state index in [1.165, 1.54) is 6.33 Å². The van der Waals surface area contributed by atoms with Crippen molar-refractivity contribution in [3.63, 3.8) is 0 Å². The number of nitrogens with zero attached hydrogens (tertiary/aromatic N) is 2. The molecule has 1 heterocycles. The van der Waals surface area contributed by atoms with Crippen LogP contribution in [0.4, 0.5) is 5.82 Å². The molecular weight excluding hydrogens is 324 g/mol. The summed E-state index contributed by atoms with van der Waals surface area (Å²) in [5, 5.41) is 5.80. The first-order valence-corrected chi connectivity index (χ1v) is 7.83. The summed E-state index contributed by atoms with van der Waals surface area (Å²) in [5.74, 6) is 1.77. The van der Waals surface area contributed by atoms with Crippen molar-refractivity contribution in [1.82, 2.24) is 15.3 Å². The Hall–Kier alpha value is -2.87. The van der Waals surface area contributed by atoms with Gasteiger partial charge in [-0.25, -0.2) is 9.97 Å². The molecule has 1 amide bonds. The molecule has 8 heteroatoms. The Bertz CT molecular complexity index is 664. The predicted octanol–water partition coefficient (Wildman–Crippen LogP) is 1.35. The van der Waals surface area contributed by atoms with Crippen LogP contribution in [0.3, 0.4) is 0 Å². The molecule has 25 heavy (non-hydrogen) atoms. The van der Waals surface area contributed by atoms with E-state index >= 15 is 0 Å². The maximum absolute atomic E-state index is 12.1. The Morgan fingerprint density at radius 1 is 1.04 bits per heavy atom. The zero-order valence-electron chi connectivity index (χ0n) is 14.3. The van der Waals surface area contributed by atoms with Crippen LogP contribution in [0.15, 0.2) is 36.7 Å². The van der Waals surface area contributed by atoms with Gasteiger partial charge in [-0.3, -0.25) is 4.79 Å². The van der Waals surface area contributed by atoms with Gasteiger partial charge in [0.25, 0.3) is 5.91 Å². The highest BCUT2D eigenvalue weighted by Gasteiger charge is 2.08. The Kier molecular flexibility index (Phi) is 7.45. The number of ether oxygens (including phenoxy) is 3. The summed E-state index contributed by atoms with van der Waals surface area (Å²) in [5.41, 5.74) is 0.291. The molecule has 1 aromatic carbocycles. The average Bonchev–Trinajstić information content (AvgIpc) is 2.66. The molecule has 0 saturated carbocycles. The summed E-state index contributed by atoms with van der Waals surface area (Å²) in [6.07, 6.45) is 1.35. The van der Waals surface area contributed by atoms with E-state index in [2.05, 4.69) is 20.6 Å². The Labute approximate surface area is 146 Å². The molecule has 0 saturated heterocycles. The van der Waals surface area contributed by atoms with Gasteiger partial charge < -0.3 is 24.8 Å². The van der Waals surface area contributed by atoms with Crippen molar-refractivity contribution in [3.8, 4) is 11.5 Å². The summed E-state index contributed by atoms with van der Waals surface area (Å²) in [7, 11) is 3.23. The number of benzene rings is 1. The maximum Gasteiger partial charge on any atom is 0.270 e. The molecule has 0 fully saturated rings. The number of rotatable bonds is 10. The molecule has 2 N–H and O–H groups in total. The third kappa shape index (κ3) is 6.27. The number of hydrogen-bond donors (Lipinski definition) is 2. The Balaban J connectivity index is 1.74. The van der Waals surface area contributed by atoms with Crippen molar-refractivity contribution in [3.05, 3.63) is 42.4 Å². The summed E-state index contributed by atoms with van der Waals surface area (Å²) in [6, 6.07) is 8.83. The van der Waals surface area contributed by atoms with Gasteiger partial charge in [0, 0.05) is 19.7 Å². The zero-order valence-corrected chi connectivity index (χ0v) is 14.3. The fourth-order valence-electron chi connectivity index (χ4n) is 1.96. The average molecular weight is 346 g/mol. The van der Waals surface area contributed by atoms with Crippen LogP contribution in [0.5, 0.6) is 11.5 Å². The van der Waals surface area contributed by atoms with E-state index in [1.807, 2.05) is 24.3 Å². The number of anilines is 1. The third-order valence-corrected chi connectivity index (χ3v) is 3.23. The largest absolute Gasteiger partial charge is 0.497 e. The molecule has 0 aliphatic carbocycles. The van der Waals surface area contributed by atoms with Crippen LogP contribution in [0, 0.1) is 0 Å². The fraction of sp³-hybridized carbons (Fsp3) is 0.353. The van der Waals surface area contributed by atoms with Crippen LogP contribution in [-0.2, 0) is 4.74 Å². The topological polar surface area (TPSA) is 94.6 Å². The Morgan fingerprint density at radius 2 is 1.80 bits per heavy atom. The van der Waals surface area contributed by atoms with Crippen LogP contribution < -0.4 is 20.1 Å². The first-order chi connectivity index (χ1) is 12.2. The normalized spacial score (nSPS) is 10.2. The number of hydrogen-bond acceptors (Lipinski definition) is 7. The minimum atomic E-state index is -0.282. The number of carbonyl (C=O) groups is 1. The van der Waals surface area contributed by atoms with Crippen LogP contribution in [-0.4, -0.2) is 56.4 Å². The predicted molar refractivity (Wildman–Crippen MR) is 93.2 cm³/mol. The van der Waals surface area contributed by atoms with Gasteiger partial charge in [-0.15, -0.1) is 0 Å². The first kappa shape index (κ1) is 18.5. The van der Waals surface area contributed by atoms with E-state index in [0.29, 0.717) is 43.6 Å². The van der Waals surface area contributed by atoms with Crippen molar-refractivity contribution >= 4 is 11.7 Å². The van der Waals surface area contributed by atoms with E-state index in [4.69, 9.17) is 14.2 Å². The van der Waals surface area contributed by atoms with Crippen LogP contribution in [0.1, 0.15) is 10.5 Å². The highest BCUT2D eigenvalue weighted by Crippen LogP contribution is 2.16. The number of methoxy groups -OCH3 is 2. The number of amides is 1. The molecule has 2 aromatic rings. The second-order valence-electron chi connectivity index (χ2n) is 4.99. The van der Waals surface area contributed by atoms with Crippen molar-refractivity contribution in [2.45, 2.75) is 0 Å². The van der Waals surface area contributed by atoms with Crippen LogP contribution in [0.25, 0.3) is 0 Å². The minimum absolute atomic E-state index is 0.282. The van der Waals surface area contributed by atoms with Crippen molar-refractivity contribution in [2.24, 2.45) is 0 Å². The first-order valence-electron chi connectivity index (χ1n) is 7.83. The van der Waals surface area contributed by atoms with E-state index in [-0.39, 0.29) is 5.91 Å². The van der Waals surface area contributed by atoms with E-state index < -0.39 is 0 Å². The quantitative estimate of drug-likeness (QED) is 0.627. The Morgan fingerprint density at radius 3 is 2.52 bits per heavy atom. The van der Waals surface area contributed by atoms with E-state index in [1.54, 1.807) is 20.3 Å². The maximum atomic E-state index is 12.1. The van der Waals surface area contributed by atoms with E-state index in [9.17, 15) is 4.79 Å². The second kappa shape index (κ2) is 10.1. The van der Waals surface area contributed by atoms with Crippen LogP contribution >= 0.6 is 0 Å². The molecule has 0 unspecified atom stereocenters. The molecule has 0 radical (unpaired) electrons. The summed E-state index contributed by atoms with van der Waals surface area (Å²) < 4.78 is 15.6. The van der Waals surface area contributed by atoms with Gasteiger partial charge in [0.1, 0.15) is 35.9 Å². The lowest BCUT2D eigenvalue weighted by atomic mass is 10.3.